The Balaban J connectivity index is 2.31. The Hall–Kier alpha value is -1.89. The van der Waals surface area contributed by atoms with Crippen molar-refractivity contribution in [2.45, 2.75) is 45.7 Å². The molecule has 0 saturated carbocycles. The first-order valence-corrected chi connectivity index (χ1v) is 7.95. The molecule has 0 spiro atoms. The van der Waals surface area contributed by atoms with Crippen molar-refractivity contribution >= 4 is 11.2 Å². The second kappa shape index (κ2) is 5.72. The molecule has 1 fully saturated rings. The lowest BCUT2D eigenvalue weighted by Crippen LogP contribution is -2.39. The monoisotopic (exact) mass is 305 g/mol. The summed E-state index contributed by atoms with van der Waals surface area (Å²) < 4.78 is 4.86. The van der Waals surface area contributed by atoms with Crippen LogP contribution in [0.2, 0.25) is 0 Å². The number of aromatic nitrogens is 4. The number of hydrogen-bond acceptors (Lipinski definition) is 4. The fourth-order valence-corrected chi connectivity index (χ4v) is 3.26. The van der Waals surface area contributed by atoms with E-state index in [0.29, 0.717) is 17.7 Å². The molecule has 22 heavy (non-hydrogen) atoms. The van der Waals surface area contributed by atoms with Crippen LogP contribution in [-0.4, -0.2) is 31.8 Å². The van der Waals surface area contributed by atoms with Crippen LogP contribution in [0.15, 0.2) is 9.59 Å². The van der Waals surface area contributed by atoms with Crippen LogP contribution in [0.4, 0.5) is 0 Å². The van der Waals surface area contributed by atoms with Crippen molar-refractivity contribution in [3.63, 3.8) is 0 Å². The van der Waals surface area contributed by atoms with Crippen LogP contribution in [0.25, 0.3) is 11.2 Å². The average molecular weight is 305 g/mol. The fraction of sp³-hybridized carbons (Fsp3) is 0.667. The van der Waals surface area contributed by atoms with E-state index in [-0.39, 0.29) is 17.3 Å². The third-order valence-corrected chi connectivity index (χ3v) is 4.48. The quantitative estimate of drug-likeness (QED) is 0.895. The molecule has 7 heteroatoms. The van der Waals surface area contributed by atoms with Gasteiger partial charge in [-0.25, -0.2) is 9.78 Å². The molecule has 1 aliphatic rings. The largest absolute Gasteiger partial charge is 0.332 e. The molecule has 7 nitrogen and oxygen atoms in total. The van der Waals surface area contributed by atoms with E-state index in [1.165, 1.54) is 4.57 Å². The van der Waals surface area contributed by atoms with E-state index in [9.17, 15) is 9.59 Å². The highest BCUT2D eigenvalue weighted by Gasteiger charge is 2.25. The lowest BCUT2D eigenvalue weighted by molar-refractivity contribution is 0.542. The number of hydrogen-bond donors (Lipinski definition) is 1. The van der Waals surface area contributed by atoms with Gasteiger partial charge in [-0.3, -0.25) is 13.9 Å². The van der Waals surface area contributed by atoms with Gasteiger partial charge in [-0.05, 0) is 26.3 Å². The summed E-state index contributed by atoms with van der Waals surface area (Å²) >= 11 is 0. The van der Waals surface area contributed by atoms with Gasteiger partial charge >= 0.3 is 5.69 Å². The van der Waals surface area contributed by atoms with E-state index >= 15 is 0 Å². The van der Waals surface area contributed by atoms with Crippen molar-refractivity contribution in [2.75, 3.05) is 13.1 Å². The lowest BCUT2D eigenvalue weighted by atomic mass is 10.2. The molecule has 3 rings (SSSR count). The molecule has 1 saturated heterocycles. The van der Waals surface area contributed by atoms with E-state index < -0.39 is 0 Å². The SMILES string of the molecule is CCCCn1c(=O)n(C)c(=O)c2c1nc(C)n2C1CCNC1. The van der Waals surface area contributed by atoms with E-state index in [0.717, 1.165) is 38.2 Å². The van der Waals surface area contributed by atoms with Crippen molar-refractivity contribution < 1.29 is 0 Å². The minimum atomic E-state index is -0.278. The van der Waals surface area contributed by atoms with Gasteiger partial charge in [-0.1, -0.05) is 13.3 Å². The molecule has 0 aromatic carbocycles. The van der Waals surface area contributed by atoms with Crippen LogP contribution < -0.4 is 16.6 Å². The maximum atomic E-state index is 12.6. The Morgan fingerprint density at radius 3 is 2.77 bits per heavy atom. The lowest BCUT2D eigenvalue weighted by Gasteiger charge is -2.14. The second-order valence-electron chi connectivity index (χ2n) is 6.00. The molecule has 120 valence electrons. The van der Waals surface area contributed by atoms with Gasteiger partial charge < -0.3 is 9.88 Å². The van der Waals surface area contributed by atoms with Crippen LogP contribution in [-0.2, 0) is 13.6 Å². The zero-order chi connectivity index (χ0) is 15.9. The Bertz CT molecular complexity index is 808. The summed E-state index contributed by atoms with van der Waals surface area (Å²) in [5.41, 5.74) is 0.566. The van der Waals surface area contributed by atoms with Gasteiger partial charge in [0.1, 0.15) is 5.82 Å². The summed E-state index contributed by atoms with van der Waals surface area (Å²) in [4.78, 5) is 29.6. The van der Waals surface area contributed by atoms with Crippen LogP contribution in [0.1, 0.15) is 38.1 Å². The maximum absolute atomic E-state index is 12.6. The standard InChI is InChI=1S/C15H23N5O2/c1-4-5-8-19-13-12(14(21)18(3)15(19)22)20(10(2)17-13)11-6-7-16-9-11/h11,16H,4-9H2,1-3H3. The van der Waals surface area contributed by atoms with E-state index in [1.807, 2.05) is 11.5 Å². The molecule has 0 aliphatic carbocycles. The van der Waals surface area contributed by atoms with Crippen molar-refractivity contribution in [1.29, 1.82) is 0 Å². The van der Waals surface area contributed by atoms with Gasteiger partial charge in [-0.2, -0.15) is 0 Å². The van der Waals surface area contributed by atoms with Crippen molar-refractivity contribution in [3.05, 3.63) is 26.7 Å². The molecule has 1 N–H and O–H groups in total. The Morgan fingerprint density at radius 2 is 2.14 bits per heavy atom. The van der Waals surface area contributed by atoms with Crippen LogP contribution in [0, 0.1) is 6.92 Å². The van der Waals surface area contributed by atoms with Gasteiger partial charge in [0.25, 0.3) is 5.56 Å². The van der Waals surface area contributed by atoms with Crippen LogP contribution in [0.3, 0.4) is 0 Å². The minimum absolute atomic E-state index is 0.231. The molecule has 1 unspecified atom stereocenters. The molecule has 0 bridgehead atoms. The number of nitrogens with one attached hydrogen (secondary N) is 1. The summed E-state index contributed by atoms with van der Waals surface area (Å²) in [6, 6.07) is 0.231. The number of unbranched alkanes of at least 4 members (excludes halogenated alkanes) is 1. The zero-order valence-electron chi connectivity index (χ0n) is 13.4. The number of fused-ring (bicyclic) bond motifs is 1. The summed E-state index contributed by atoms with van der Waals surface area (Å²) in [5.74, 6) is 0.802. The fourth-order valence-electron chi connectivity index (χ4n) is 3.26. The smallest absolute Gasteiger partial charge is 0.318 e. The van der Waals surface area contributed by atoms with Gasteiger partial charge in [-0.15, -0.1) is 0 Å². The second-order valence-corrected chi connectivity index (χ2v) is 6.00. The number of rotatable bonds is 4. The van der Waals surface area contributed by atoms with Gasteiger partial charge in [0.15, 0.2) is 11.2 Å². The first kappa shape index (κ1) is 15.0. The highest BCUT2D eigenvalue weighted by Crippen LogP contribution is 2.22. The molecule has 1 atom stereocenters. The Kier molecular flexibility index (Phi) is 3.90. The summed E-state index contributed by atoms with van der Waals surface area (Å²) in [5, 5.41) is 3.32. The van der Waals surface area contributed by atoms with Crippen molar-refractivity contribution in [1.82, 2.24) is 24.0 Å². The highest BCUT2D eigenvalue weighted by atomic mass is 16.2. The highest BCUT2D eigenvalue weighted by molar-refractivity contribution is 5.71. The summed E-state index contributed by atoms with van der Waals surface area (Å²) in [6.07, 6.45) is 2.86. The predicted molar refractivity (Wildman–Crippen MR) is 85.4 cm³/mol. The maximum Gasteiger partial charge on any atom is 0.332 e. The first-order valence-electron chi connectivity index (χ1n) is 7.95. The predicted octanol–water partition coefficient (Wildman–Crippen LogP) is 0.540. The number of imidazole rings is 1. The third kappa shape index (κ3) is 2.20. The molecule has 1 aliphatic heterocycles. The molecule has 0 radical (unpaired) electrons. The molecular formula is C15H23N5O2. The van der Waals surface area contributed by atoms with Crippen LogP contribution in [0.5, 0.6) is 0 Å². The topological polar surface area (TPSA) is 73.8 Å². The molecule has 2 aromatic heterocycles. The van der Waals surface area contributed by atoms with Crippen LogP contribution >= 0.6 is 0 Å². The van der Waals surface area contributed by atoms with Crippen molar-refractivity contribution in [2.24, 2.45) is 7.05 Å². The number of aryl methyl sites for hydroxylation is 2. The van der Waals surface area contributed by atoms with Gasteiger partial charge in [0.05, 0.1) is 0 Å². The number of nitrogens with zero attached hydrogens (tertiary/aromatic N) is 4. The first-order chi connectivity index (χ1) is 10.6. The Labute approximate surface area is 128 Å². The van der Waals surface area contributed by atoms with E-state index in [2.05, 4.69) is 17.2 Å². The van der Waals surface area contributed by atoms with E-state index in [4.69, 9.17) is 0 Å². The third-order valence-electron chi connectivity index (χ3n) is 4.48. The van der Waals surface area contributed by atoms with E-state index in [1.54, 1.807) is 11.6 Å². The zero-order valence-corrected chi connectivity index (χ0v) is 13.4. The van der Waals surface area contributed by atoms with Gasteiger partial charge in [0, 0.05) is 26.2 Å². The molecular weight excluding hydrogens is 282 g/mol. The normalized spacial score (nSPS) is 18.4. The molecule has 3 heterocycles. The summed E-state index contributed by atoms with van der Waals surface area (Å²) in [7, 11) is 1.55. The molecule has 2 aromatic rings. The average Bonchev–Trinajstić information content (AvgIpc) is 3.12. The van der Waals surface area contributed by atoms with Gasteiger partial charge in [0.2, 0.25) is 0 Å². The van der Waals surface area contributed by atoms with Crippen molar-refractivity contribution in [3.8, 4) is 0 Å². The Morgan fingerprint density at radius 1 is 1.36 bits per heavy atom. The summed E-state index contributed by atoms with van der Waals surface area (Å²) in [6.45, 7) is 6.37. The molecule has 0 amide bonds. The minimum Gasteiger partial charge on any atom is -0.318 e.